The van der Waals surface area contributed by atoms with E-state index in [0.717, 1.165) is 103 Å². The first-order chi connectivity index (χ1) is 27.5. The summed E-state index contributed by atoms with van der Waals surface area (Å²) in [5.41, 5.74) is 0. The molecule has 0 saturated heterocycles. The van der Waals surface area contributed by atoms with Gasteiger partial charge in [0.05, 0.1) is 27.7 Å². The first-order valence-electron chi connectivity index (χ1n) is 21.8. The smallest absolute Gasteiger partial charge is 0.306 e. The molecule has 2 atom stereocenters. The van der Waals surface area contributed by atoms with Crippen LogP contribution in [0.15, 0.2) is 85.1 Å². The van der Waals surface area contributed by atoms with E-state index in [2.05, 4.69) is 98.9 Å². The topological polar surface area (TPSA) is 111 Å². The molecule has 2 unspecified atom stereocenters. The lowest BCUT2D eigenvalue weighted by Crippen LogP contribution is -2.37. The van der Waals surface area contributed by atoms with Crippen LogP contribution in [0, 0.1) is 0 Å². The number of nitrogens with zero attached hydrogens (tertiary/aromatic N) is 1. The molecule has 10 heteroatoms. The lowest BCUT2D eigenvalue weighted by atomic mass is 10.1. The van der Waals surface area contributed by atoms with Crippen LogP contribution in [-0.2, 0) is 32.7 Å². The normalized spacial score (nSPS) is 14.4. The van der Waals surface area contributed by atoms with Crippen molar-refractivity contribution in [3.8, 4) is 0 Å². The molecule has 9 nitrogen and oxygen atoms in total. The second-order valence-electron chi connectivity index (χ2n) is 15.3. The van der Waals surface area contributed by atoms with Gasteiger partial charge in [-0.25, -0.2) is 0 Å². The molecule has 0 aromatic carbocycles. The Hall–Kier alpha value is -2.81. The van der Waals surface area contributed by atoms with E-state index in [-0.39, 0.29) is 26.1 Å². The van der Waals surface area contributed by atoms with Crippen LogP contribution in [0.3, 0.4) is 0 Å². The van der Waals surface area contributed by atoms with Crippen molar-refractivity contribution in [3.05, 3.63) is 85.1 Å². The summed E-state index contributed by atoms with van der Waals surface area (Å²) < 4.78 is 33.8. The van der Waals surface area contributed by atoms with Crippen molar-refractivity contribution in [1.82, 2.24) is 0 Å². The molecule has 0 aliphatic carbocycles. The molecule has 0 heterocycles. The zero-order valence-electron chi connectivity index (χ0n) is 36.5. The fourth-order valence-corrected chi connectivity index (χ4v) is 5.97. The van der Waals surface area contributed by atoms with Gasteiger partial charge >= 0.3 is 11.9 Å². The van der Waals surface area contributed by atoms with E-state index in [1.807, 2.05) is 21.1 Å². The van der Waals surface area contributed by atoms with Gasteiger partial charge in [0.2, 0.25) is 0 Å². The van der Waals surface area contributed by atoms with Gasteiger partial charge in [-0.15, -0.1) is 0 Å². The van der Waals surface area contributed by atoms with Gasteiger partial charge in [-0.3, -0.25) is 14.2 Å². The average Bonchev–Trinajstić information content (AvgIpc) is 3.16. The lowest BCUT2D eigenvalue weighted by molar-refractivity contribution is -0.870. The monoisotopic (exact) mass is 818 g/mol. The highest BCUT2D eigenvalue weighted by Gasteiger charge is 2.21. The Bertz CT molecular complexity index is 1240. The molecule has 57 heavy (non-hydrogen) atoms. The van der Waals surface area contributed by atoms with Crippen LogP contribution in [0.4, 0.5) is 0 Å². The standard InChI is InChI=1S/C47H80NO8P/c1-6-8-10-12-14-16-18-19-20-21-22-23-24-25-26-27-28-29-30-32-34-36-38-40-47(50)56-45(44-55-57(51,52)54-42-41-48(3,4)5)43-53-46(49)39-37-35-33-31-17-15-13-11-9-7-2/h8,10-11,13-14,16,19-20,22-23,25-26,28-29,45H,6-7,9,12,15,17-18,21,24,27,30-44H2,1-5H3/b10-8-,13-11-,16-14-,20-19-,23-22-,26-25-,29-28-. The van der Waals surface area contributed by atoms with Crippen molar-refractivity contribution in [1.29, 1.82) is 0 Å². The van der Waals surface area contributed by atoms with Gasteiger partial charge in [0.25, 0.3) is 7.82 Å². The maximum Gasteiger partial charge on any atom is 0.306 e. The van der Waals surface area contributed by atoms with Gasteiger partial charge in [-0.05, 0) is 83.5 Å². The highest BCUT2D eigenvalue weighted by Crippen LogP contribution is 2.38. The molecule has 0 N–H and O–H groups in total. The Morgan fingerprint density at radius 1 is 0.561 bits per heavy atom. The van der Waals surface area contributed by atoms with E-state index in [1.54, 1.807) is 0 Å². The molecule has 0 fully saturated rings. The molecule has 0 aromatic heterocycles. The molecule has 0 aromatic rings. The molecule has 0 aliphatic heterocycles. The maximum atomic E-state index is 12.7. The van der Waals surface area contributed by atoms with Gasteiger partial charge in [-0.2, -0.15) is 0 Å². The van der Waals surface area contributed by atoms with E-state index in [4.69, 9.17) is 18.5 Å². The molecule has 0 rings (SSSR count). The molecular weight excluding hydrogens is 737 g/mol. The number of quaternary nitrogens is 1. The highest BCUT2D eigenvalue weighted by atomic mass is 31.2. The quantitative estimate of drug-likeness (QED) is 0.0199. The summed E-state index contributed by atoms with van der Waals surface area (Å²) in [5.74, 6) is -0.886. The molecule has 0 amide bonds. The van der Waals surface area contributed by atoms with Crippen LogP contribution in [0.1, 0.15) is 149 Å². The third-order valence-electron chi connectivity index (χ3n) is 8.63. The number of ether oxygens (including phenoxy) is 2. The van der Waals surface area contributed by atoms with Crippen molar-refractivity contribution in [2.45, 2.75) is 155 Å². The molecule has 0 saturated carbocycles. The minimum absolute atomic E-state index is 0.0423. The molecular formula is C47H80NO8P. The Morgan fingerprint density at radius 2 is 1.00 bits per heavy atom. The van der Waals surface area contributed by atoms with Gasteiger partial charge in [0.15, 0.2) is 6.10 Å². The predicted octanol–water partition coefficient (Wildman–Crippen LogP) is 11.8. The molecule has 0 spiro atoms. The number of phosphoric acid groups is 1. The van der Waals surface area contributed by atoms with E-state index >= 15 is 0 Å². The fourth-order valence-electron chi connectivity index (χ4n) is 5.25. The van der Waals surface area contributed by atoms with E-state index < -0.39 is 32.5 Å². The second kappa shape index (κ2) is 38.7. The third kappa shape index (κ3) is 42.6. The predicted molar refractivity (Wildman–Crippen MR) is 236 cm³/mol. The molecule has 0 aliphatic rings. The van der Waals surface area contributed by atoms with Crippen LogP contribution in [0.5, 0.6) is 0 Å². The number of esters is 2. The summed E-state index contributed by atoms with van der Waals surface area (Å²) in [4.78, 5) is 37.4. The number of carbonyl (C=O) groups is 2. The molecule has 0 radical (unpaired) electrons. The summed E-state index contributed by atoms with van der Waals surface area (Å²) in [6.45, 7) is 3.98. The number of rotatable bonds is 38. The number of phosphoric ester groups is 1. The van der Waals surface area contributed by atoms with Crippen LogP contribution in [-0.4, -0.2) is 70.0 Å². The Balaban J connectivity index is 4.39. The highest BCUT2D eigenvalue weighted by molar-refractivity contribution is 7.45. The number of carbonyl (C=O) groups excluding carboxylic acids is 2. The third-order valence-corrected chi connectivity index (χ3v) is 9.59. The summed E-state index contributed by atoms with van der Waals surface area (Å²) in [5, 5.41) is 0. The van der Waals surface area contributed by atoms with Gasteiger partial charge in [0, 0.05) is 12.8 Å². The minimum Gasteiger partial charge on any atom is -0.756 e. The van der Waals surface area contributed by atoms with Crippen LogP contribution in [0.25, 0.3) is 0 Å². The van der Waals surface area contributed by atoms with Gasteiger partial charge < -0.3 is 27.9 Å². The van der Waals surface area contributed by atoms with Crippen molar-refractivity contribution >= 4 is 19.8 Å². The second-order valence-corrected chi connectivity index (χ2v) is 16.7. The summed E-state index contributed by atoms with van der Waals surface area (Å²) in [7, 11) is 1.12. The summed E-state index contributed by atoms with van der Waals surface area (Å²) in [6.07, 6.45) is 49.0. The fraction of sp³-hybridized carbons (Fsp3) is 0.660. The van der Waals surface area contributed by atoms with Gasteiger partial charge in [0.1, 0.15) is 19.8 Å². The Morgan fingerprint density at radius 3 is 1.51 bits per heavy atom. The van der Waals surface area contributed by atoms with E-state index in [9.17, 15) is 19.0 Å². The van der Waals surface area contributed by atoms with Crippen molar-refractivity contribution in [2.24, 2.45) is 0 Å². The van der Waals surface area contributed by atoms with Crippen LogP contribution in [0.2, 0.25) is 0 Å². The first-order valence-corrected chi connectivity index (χ1v) is 23.3. The molecule has 326 valence electrons. The number of allylic oxidation sites excluding steroid dienone is 14. The summed E-state index contributed by atoms with van der Waals surface area (Å²) in [6, 6.07) is 0. The lowest BCUT2D eigenvalue weighted by Gasteiger charge is -2.28. The largest absolute Gasteiger partial charge is 0.756 e. The number of hydrogen-bond acceptors (Lipinski definition) is 8. The summed E-state index contributed by atoms with van der Waals surface area (Å²) >= 11 is 0. The van der Waals surface area contributed by atoms with Gasteiger partial charge in [-0.1, -0.05) is 137 Å². The van der Waals surface area contributed by atoms with Crippen LogP contribution >= 0.6 is 7.82 Å². The van der Waals surface area contributed by atoms with Crippen LogP contribution < -0.4 is 4.89 Å². The SMILES string of the molecule is CC/C=C\C/C=C\C/C=C\C/C=C\C/C=C\C/C=C\CCCCCCC(=O)OC(COC(=O)CCCCCCC/C=C\CCC)COP(=O)([O-])OCC[N+](C)(C)C. The Kier molecular flexibility index (Phi) is 36.8. The average molecular weight is 818 g/mol. The Labute approximate surface area is 348 Å². The number of unbranched alkanes of at least 4 members (excludes halogenated alkanes) is 10. The van der Waals surface area contributed by atoms with Crippen molar-refractivity contribution in [2.75, 3.05) is 47.5 Å². The molecule has 0 bridgehead atoms. The van der Waals surface area contributed by atoms with E-state index in [0.29, 0.717) is 23.9 Å². The zero-order valence-corrected chi connectivity index (χ0v) is 37.4. The number of hydrogen-bond donors (Lipinski definition) is 0. The first kappa shape index (κ1) is 54.2. The van der Waals surface area contributed by atoms with Crippen molar-refractivity contribution in [3.63, 3.8) is 0 Å². The zero-order chi connectivity index (χ0) is 42.1. The number of likely N-dealkylation sites (N-methyl/N-ethyl adjacent to an activating group) is 1. The minimum atomic E-state index is -4.64. The van der Waals surface area contributed by atoms with E-state index in [1.165, 1.54) is 6.42 Å². The maximum absolute atomic E-state index is 12.7. The van der Waals surface area contributed by atoms with Crippen molar-refractivity contribution < 1.29 is 42.1 Å².